The van der Waals surface area contributed by atoms with Gasteiger partial charge in [-0.25, -0.2) is 4.79 Å². The van der Waals surface area contributed by atoms with Crippen molar-refractivity contribution in [3.63, 3.8) is 0 Å². The van der Waals surface area contributed by atoms with Crippen molar-refractivity contribution in [3.05, 3.63) is 51.9 Å². The van der Waals surface area contributed by atoms with Gasteiger partial charge in [0.25, 0.3) is 0 Å². The SMILES string of the molecule is CC[C@H](C(=O)Nc1ccc(Br)cc1)n1c(C(=O)OC)cc2ccsc21. The molecule has 0 aliphatic carbocycles. The summed E-state index contributed by atoms with van der Waals surface area (Å²) in [6, 6.07) is 10.6. The van der Waals surface area contributed by atoms with Gasteiger partial charge in [0.2, 0.25) is 5.91 Å². The number of hydrogen-bond acceptors (Lipinski definition) is 4. The van der Waals surface area contributed by atoms with E-state index in [1.54, 1.807) is 10.6 Å². The zero-order valence-electron chi connectivity index (χ0n) is 13.8. The van der Waals surface area contributed by atoms with E-state index >= 15 is 0 Å². The second kappa shape index (κ2) is 7.41. The summed E-state index contributed by atoms with van der Waals surface area (Å²) in [6.45, 7) is 1.92. The van der Waals surface area contributed by atoms with Gasteiger partial charge in [0.05, 0.1) is 7.11 Å². The van der Waals surface area contributed by atoms with Crippen LogP contribution in [0.1, 0.15) is 29.9 Å². The second-order valence-electron chi connectivity index (χ2n) is 5.49. The number of hydrogen-bond donors (Lipinski definition) is 1. The van der Waals surface area contributed by atoms with Crippen molar-refractivity contribution >= 4 is 55.0 Å². The minimum absolute atomic E-state index is 0.166. The molecule has 0 bridgehead atoms. The molecule has 0 unspecified atom stereocenters. The summed E-state index contributed by atoms with van der Waals surface area (Å²) < 4.78 is 7.61. The van der Waals surface area contributed by atoms with E-state index in [0.29, 0.717) is 17.8 Å². The summed E-state index contributed by atoms with van der Waals surface area (Å²) in [4.78, 5) is 25.9. The van der Waals surface area contributed by atoms with Gasteiger partial charge in [0.15, 0.2) is 0 Å². The highest BCUT2D eigenvalue weighted by Crippen LogP contribution is 2.31. The summed E-state index contributed by atoms with van der Waals surface area (Å²) in [5, 5.41) is 5.80. The van der Waals surface area contributed by atoms with Crippen molar-refractivity contribution in [2.24, 2.45) is 0 Å². The number of nitrogens with zero attached hydrogens (tertiary/aromatic N) is 1. The summed E-state index contributed by atoms with van der Waals surface area (Å²) in [6.07, 6.45) is 0.550. The molecular weight excluding hydrogens is 404 g/mol. The first-order chi connectivity index (χ1) is 12.0. The molecule has 1 N–H and O–H groups in total. The van der Waals surface area contributed by atoms with Crippen molar-refractivity contribution in [2.45, 2.75) is 19.4 Å². The summed E-state index contributed by atoms with van der Waals surface area (Å²) in [5.41, 5.74) is 1.10. The lowest BCUT2D eigenvalue weighted by atomic mass is 10.2. The minimum atomic E-state index is -0.506. The molecule has 1 atom stereocenters. The van der Waals surface area contributed by atoms with E-state index in [-0.39, 0.29) is 5.91 Å². The lowest BCUT2D eigenvalue weighted by molar-refractivity contribution is -0.119. The Bertz CT molecular complexity index is 914. The van der Waals surface area contributed by atoms with Crippen LogP contribution in [0.5, 0.6) is 0 Å². The first-order valence-electron chi connectivity index (χ1n) is 7.78. The first kappa shape index (κ1) is 17.7. The Morgan fingerprint density at radius 2 is 2.00 bits per heavy atom. The van der Waals surface area contributed by atoms with Gasteiger partial charge in [-0.2, -0.15) is 0 Å². The molecule has 0 aliphatic heterocycles. The van der Waals surface area contributed by atoms with E-state index in [1.165, 1.54) is 18.4 Å². The Morgan fingerprint density at radius 3 is 2.64 bits per heavy atom. The molecule has 0 saturated heterocycles. The average Bonchev–Trinajstić information content (AvgIpc) is 3.19. The van der Waals surface area contributed by atoms with Crippen LogP contribution in [0.2, 0.25) is 0 Å². The van der Waals surface area contributed by atoms with E-state index < -0.39 is 12.0 Å². The Morgan fingerprint density at radius 1 is 1.28 bits per heavy atom. The minimum Gasteiger partial charge on any atom is -0.464 e. The maximum absolute atomic E-state index is 12.9. The monoisotopic (exact) mass is 420 g/mol. The Balaban J connectivity index is 1.98. The lowest BCUT2D eigenvalue weighted by Crippen LogP contribution is -2.27. The van der Waals surface area contributed by atoms with Gasteiger partial charge in [0, 0.05) is 15.5 Å². The number of esters is 1. The smallest absolute Gasteiger partial charge is 0.354 e. The van der Waals surface area contributed by atoms with Crippen molar-refractivity contribution in [1.29, 1.82) is 0 Å². The predicted octanol–water partition coefficient (Wildman–Crippen LogP) is 4.84. The molecular formula is C18H17BrN2O3S. The van der Waals surface area contributed by atoms with E-state index in [2.05, 4.69) is 21.2 Å². The molecule has 5 nitrogen and oxygen atoms in total. The van der Waals surface area contributed by atoms with Crippen LogP contribution >= 0.6 is 27.3 Å². The third kappa shape index (κ3) is 3.48. The molecule has 0 aliphatic rings. The third-order valence-corrected chi connectivity index (χ3v) is 5.41. The molecule has 2 aromatic heterocycles. The second-order valence-corrected chi connectivity index (χ2v) is 7.30. The summed E-state index contributed by atoms with van der Waals surface area (Å²) >= 11 is 4.88. The van der Waals surface area contributed by atoms with Crippen LogP contribution in [0.15, 0.2) is 46.3 Å². The Labute approximate surface area is 157 Å². The number of fused-ring (bicyclic) bond motifs is 1. The molecule has 7 heteroatoms. The van der Waals surface area contributed by atoms with Gasteiger partial charge < -0.3 is 14.6 Å². The van der Waals surface area contributed by atoms with Gasteiger partial charge in [0.1, 0.15) is 16.6 Å². The molecule has 0 radical (unpaired) electrons. The number of nitrogens with one attached hydrogen (secondary N) is 1. The van der Waals surface area contributed by atoms with Gasteiger partial charge in [-0.3, -0.25) is 4.79 Å². The Hall–Kier alpha value is -2.12. The quantitative estimate of drug-likeness (QED) is 0.600. The lowest BCUT2D eigenvalue weighted by Gasteiger charge is -2.19. The number of carbonyl (C=O) groups excluding carboxylic acids is 2. The fourth-order valence-corrected chi connectivity index (χ4v) is 3.97. The maximum atomic E-state index is 12.9. The fraction of sp³-hybridized carbons (Fsp3) is 0.222. The fourth-order valence-electron chi connectivity index (χ4n) is 2.76. The number of rotatable bonds is 5. The summed E-state index contributed by atoms with van der Waals surface area (Å²) in [5.74, 6) is -0.612. The van der Waals surface area contributed by atoms with Crippen molar-refractivity contribution in [3.8, 4) is 0 Å². The van der Waals surface area contributed by atoms with Crippen molar-refractivity contribution < 1.29 is 14.3 Å². The Kier molecular flexibility index (Phi) is 5.24. The zero-order valence-corrected chi connectivity index (χ0v) is 16.2. The van der Waals surface area contributed by atoms with Gasteiger partial charge in [-0.05, 0) is 48.2 Å². The standard InChI is InChI=1S/C18H17BrN2O3S/c1-3-14(16(22)20-13-6-4-12(19)5-7-13)21-15(18(23)24-2)10-11-8-9-25-17(11)21/h4-10,14H,3H2,1-2H3,(H,20,22)/t14-/m1/s1. The third-order valence-electron chi connectivity index (χ3n) is 3.95. The normalized spacial score (nSPS) is 12.1. The van der Waals surface area contributed by atoms with Crippen molar-refractivity contribution in [1.82, 2.24) is 4.57 Å². The number of amides is 1. The number of methoxy groups -OCH3 is 1. The van der Waals surface area contributed by atoms with Crippen LogP contribution in [-0.2, 0) is 9.53 Å². The van der Waals surface area contributed by atoms with Crippen LogP contribution in [0.4, 0.5) is 5.69 Å². The number of aromatic nitrogens is 1. The molecule has 2 heterocycles. The van der Waals surface area contributed by atoms with Crippen molar-refractivity contribution in [2.75, 3.05) is 12.4 Å². The molecule has 3 aromatic rings. The number of carbonyl (C=O) groups is 2. The molecule has 130 valence electrons. The number of anilines is 1. The van der Waals surface area contributed by atoms with Crippen LogP contribution in [-0.4, -0.2) is 23.6 Å². The van der Waals surface area contributed by atoms with E-state index in [4.69, 9.17) is 4.74 Å². The van der Waals surface area contributed by atoms with Gasteiger partial charge in [-0.15, -0.1) is 11.3 Å². The number of ether oxygens (including phenoxy) is 1. The largest absolute Gasteiger partial charge is 0.464 e. The topological polar surface area (TPSA) is 60.3 Å². The first-order valence-corrected chi connectivity index (χ1v) is 9.45. The van der Waals surface area contributed by atoms with E-state index in [1.807, 2.05) is 42.6 Å². The van der Waals surface area contributed by atoms with Crippen LogP contribution < -0.4 is 5.32 Å². The molecule has 1 aromatic carbocycles. The van der Waals surface area contributed by atoms with E-state index in [0.717, 1.165) is 14.7 Å². The number of halogens is 1. The highest BCUT2D eigenvalue weighted by Gasteiger charge is 2.27. The maximum Gasteiger partial charge on any atom is 0.354 e. The highest BCUT2D eigenvalue weighted by atomic mass is 79.9. The highest BCUT2D eigenvalue weighted by molar-refractivity contribution is 9.10. The molecule has 0 fully saturated rings. The van der Waals surface area contributed by atoms with E-state index in [9.17, 15) is 9.59 Å². The number of thiophene rings is 1. The molecule has 1 amide bonds. The average molecular weight is 421 g/mol. The van der Waals surface area contributed by atoms with Crippen LogP contribution in [0.3, 0.4) is 0 Å². The van der Waals surface area contributed by atoms with Gasteiger partial charge in [-0.1, -0.05) is 22.9 Å². The molecule has 25 heavy (non-hydrogen) atoms. The zero-order chi connectivity index (χ0) is 18.0. The number of benzene rings is 1. The van der Waals surface area contributed by atoms with Crippen LogP contribution in [0, 0.1) is 0 Å². The predicted molar refractivity (Wildman–Crippen MR) is 103 cm³/mol. The molecule has 3 rings (SSSR count). The van der Waals surface area contributed by atoms with Crippen LogP contribution in [0.25, 0.3) is 10.2 Å². The molecule has 0 saturated carbocycles. The van der Waals surface area contributed by atoms with Gasteiger partial charge >= 0.3 is 5.97 Å². The summed E-state index contributed by atoms with van der Waals surface area (Å²) in [7, 11) is 1.34. The molecule has 0 spiro atoms.